The summed E-state index contributed by atoms with van der Waals surface area (Å²) in [5.74, 6) is -1.03. The van der Waals surface area contributed by atoms with E-state index in [1.807, 2.05) is 0 Å². The third-order valence-corrected chi connectivity index (χ3v) is 6.23. The smallest absolute Gasteiger partial charge is 0.269 e. The number of rotatable bonds is 9. The predicted octanol–water partition coefficient (Wildman–Crippen LogP) is 3.05. The number of nitrogens with zero attached hydrogens (tertiary/aromatic N) is 3. The van der Waals surface area contributed by atoms with Crippen LogP contribution in [0.4, 0.5) is 5.69 Å². The van der Waals surface area contributed by atoms with Crippen LogP contribution in [0, 0.1) is 16.0 Å². The Morgan fingerprint density at radius 1 is 1.22 bits per heavy atom. The number of non-ortho nitro benzene ring substituents is 1. The molecule has 1 aromatic heterocycles. The van der Waals surface area contributed by atoms with Gasteiger partial charge in [-0.05, 0) is 50.5 Å². The average Bonchev–Trinajstić information content (AvgIpc) is 2.71. The lowest BCUT2D eigenvalue weighted by molar-refractivity contribution is -0.384. The second kappa shape index (κ2) is 10.2. The van der Waals surface area contributed by atoms with Gasteiger partial charge < -0.3 is 0 Å². The number of hydrogen-bond donors (Lipinski definition) is 1. The Labute approximate surface area is 187 Å². The third kappa shape index (κ3) is 6.55. The predicted molar refractivity (Wildman–Crippen MR) is 118 cm³/mol. The lowest BCUT2D eigenvalue weighted by atomic mass is 10.0. The Morgan fingerprint density at radius 3 is 2.31 bits per heavy atom. The molecule has 10 nitrogen and oxygen atoms in total. The molecule has 1 atom stereocenters. The van der Waals surface area contributed by atoms with Gasteiger partial charge in [-0.3, -0.25) is 24.7 Å². The monoisotopic (exact) mass is 464 g/mol. The summed E-state index contributed by atoms with van der Waals surface area (Å²) in [6.45, 7) is 8.57. The Kier molecular flexibility index (Phi) is 8.05. The molecule has 0 radical (unpaired) electrons. The van der Waals surface area contributed by atoms with Crippen LogP contribution < -0.4 is 5.48 Å². The maximum atomic E-state index is 13.6. The number of aromatic nitrogens is 1. The molecule has 0 spiro atoms. The highest BCUT2D eigenvalue weighted by atomic mass is 32.2. The van der Waals surface area contributed by atoms with E-state index in [1.54, 1.807) is 52.9 Å². The number of hydroxylamine groups is 1. The minimum atomic E-state index is -4.22. The molecule has 11 heteroatoms. The molecule has 1 amide bonds. The zero-order valence-electron chi connectivity index (χ0n) is 18.7. The van der Waals surface area contributed by atoms with Crippen LogP contribution in [-0.4, -0.2) is 40.2 Å². The summed E-state index contributed by atoms with van der Waals surface area (Å²) in [6, 6.07) is 6.79. The van der Waals surface area contributed by atoms with E-state index in [2.05, 4.69) is 10.5 Å². The van der Waals surface area contributed by atoms with E-state index in [-0.39, 0.29) is 17.1 Å². The van der Waals surface area contributed by atoms with Gasteiger partial charge in [-0.1, -0.05) is 19.9 Å². The standard InChI is InChI=1S/C21H28N4O6S/c1-15(2)19(20(26)23-31-21(3,4)5)24(14-16-7-6-12-22-13-16)32(29,30)18-10-8-17(9-11-18)25(27)28/h6-13,15,19H,14H2,1-5H3,(H,23,26)/t19-/m1/s1. The molecule has 0 fully saturated rings. The van der Waals surface area contributed by atoms with Crippen molar-refractivity contribution in [2.75, 3.05) is 0 Å². The molecular weight excluding hydrogens is 436 g/mol. The summed E-state index contributed by atoms with van der Waals surface area (Å²) in [6.07, 6.45) is 3.07. The number of benzene rings is 1. The van der Waals surface area contributed by atoms with Gasteiger partial charge in [0.1, 0.15) is 6.04 Å². The molecule has 174 valence electrons. The van der Waals surface area contributed by atoms with Crippen molar-refractivity contribution in [3.05, 3.63) is 64.5 Å². The van der Waals surface area contributed by atoms with E-state index >= 15 is 0 Å². The van der Waals surface area contributed by atoms with Gasteiger partial charge in [0, 0.05) is 31.1 Å². The number of pyridine rings is 1. The van der Waals surface area contributed by atoms with Crippen molar-refractivity contribution < 1.29 is 23.0 Å². The average molecular weight is 465 g/mol. The highest BCUT2D eigenvalue weighted by molar-refractivity contribution is 7.89. The Balaban J connectivity index is 2.51. The van der Waals surface area contributed by atoms with Crippen LogP contribution in [0.25, 0.3) is 0 Å². The molecule has 0 bridgehead atoms. The van der Waals surface area contributed by atoms with Crippen LogP contribution in [0.1, 0.15) is 40.2 Å². The number of nitrogens with one attached hydrogen (secondary N) is 1. The van der Waals surface area contributed by atoms with E-state index in [0.29, 0.717) is 5.56 Å². The molecule has 32 heavy (non-hydrogen) atoms. The van der Waals surface area contributed by atoms with Crippen molar-refractivity contribution in [3.8, 4) is 0 Å². The van der Waals surface area contributed by atoms with Crippen molar-refractivity contribution in [3.63, 3.8) is 0 Å². The van der Waals surface area contributed by atoms with Crippen molar-refractivity contribution in [2.24, 2.45) is 5.92 Å². The zero-order valence-corrected chi connectivity index (χ0v) is 19.5. The van der Waals surface area contributed by atoms with Crippen LogP contribution in [-0.2, 0) is 26.2 Å². The van der Waals surface area contributed by atoms with Crippen LogP contribution in [0.2, 0.25) is 0 Å². The molecule has 1 aromatic carbocycles. The zero-order chi connectivity index (χ0) is 24.1. The van der Waals surface area contributed by atoms with E-state index in [4.69, 9.17) is 4.84 Å². The Morgan fingerprint density at radius 2 is 1.84 bits per heavy atom. The van der Waals surface area contributed by atoms with Gasteiger partial charge in [0.05, 0.1) is 15.4 Å². The fourth-order valence-electron chi connectivity index (χ4n) is 2.91. The summed E-state index contributed by atoms with van der Waals surface area (Å²) < 4.78 is 28.2. The van der Waals surface area contributed by atoms with Gasteiger partial charge in [0.2, 0.25) is 10.0 Å². The maximum Gasteiger partial charge on any atom is 0.269 e. The second-order valence-electron chi connectivity index (χ2n) is 8.53. The van der Waals surface area contributed by atoms with Crippen LogP contribution in [0.3, 0.4) is 0 Å². The number of amides is 1. The first-order chi connectivity index (χ1) is 14.8. The van der Waals surface area contributed by atoms with Crippen LogP contribution in [0.5, 0.6) is 0 Å². The second-order valence-corrected chi connectivity index (χ2v) is 10.4. The molecule has 1 heterocycles. The number of hydrogen-bond acceptors (Lipinski definition) is 7. The number of carbonyl (C=O) groups excluding carboxylic acids is 1. The number of sulfonamides is 1. The summed E-state index contributed by atoms with van der Waals surface area (Å²) in [7, 11) is -4.22. The van der Waals surface area contributed by atoms with Gasteiger partial charge in [-0.2, -0.15) is 4.31 Å². The van der Waals surface area contributed by atoms with Gasteiger partial charge in [0.15, 0.2) is 0 Å². The third-order valence-electron chi connectivity index (χ3n) is 4.38. The highest BCUT2D eigenvalue weighted by Gasteiger charge is 2.38. The lowest BCUT2D eigenvalue weighted by Gasteiger charge is -2.33. The first-order valence-electron chi connectivity index (χ1n) is 9.96. The van der Waals surface area contributed by atoms with E-state index < -0.39 is 38.4 Å². The molecule has 1 N–H and O–H groups in total. The SMILES string of the molecule is CC(C)[C@H](C(=O)NOC(C)(C)C)N(Cc1cccnc1)S(=O)(=O)c1ccc([N+](=O)[O-])cc1. The first-order valence-corrected chi connectivity index (χ1v) is 11.4. The maximum absolute atomic E-state index is 13.6. The van der Waals surface area contributed by atoms with Gasteiger partial charge in [-0.15, -0.1) is 0 Å². The molecule has 0 unspecified atom stereocenters. The molecule has 0 aliphatic carbocycles. The molecule has 2 aromatic rings. The fraction of sp³-hybridized carbons (Fsp3) is 0.429. The Hall–Kier alpha value is -2.89. The molecule has 0 aliphatic rings. The summed E-state index contributed by atoms with van der Waals surface area (Å²) in [5, 5.41) is 10.9. The first kappa shape index (κ1) is 25.4. The van der Waals surface area contributed by atoms with Crippen LogP contribution >= 0.6 is 0 Å². The molecule has 0 saturated carbocycles. The summed E-state index contributed by atoms with van der Waals surface area (Å²) in [5.41, 5.74) is 2.03. The summed E-state index contributed by atoms with van der Waals surface area (Å²) >= 11 is 0. The molecular formula is C21H28N4O6S. The largest absolute Gasteiger partial charge is 0.271 e. The van der Waals surface area contributed by atoms with E-state index in [0.717, 1.165) is 28.6 Å². The normalized spacial score (nSPS) is 13.2. The molecule has 0 saturated heterocycles. The van der Waals surface area contributed by atoms with Gasteiger partial charge >= 0.3 is 0 Å². The number of carbonyl (C=O) groups is 1. The molecule has 0 aliphatic heterocycles. The van der Waals surface area contributed by atoms with E-state index in [9.17, 15) is 23.3 Å². The van der Waals surface area contributed by atoms with Crippen molar-refractivity contribution in [1.82, 2.24) is 14.8 Å². The minimum absolute atomic E-state index is 0.126. The number of nitro groups is 1. The van der Waals surface area contributed by atoms with Gasteiger partial charge in [-0.25, -0.2) is 13.9 Å². The number of nitro benzene ring substituents is 1. The van der Waals surface area contributed by atoms with Crippen LogP contribution in [0.15, 0.2) is 53.7 Å². The topological polar surface area (TPSA) is 132 Å². The fourth-order valence-corrected chi connectivity index (χ4v) is 4.62. The van der Waals surface area contributed by atoms with Crippen molar-refractivity contribution in [2.45, 2.75) is 57.7 Å². The van der Waals surface area contributed by atoms with Crippen molar-refractivity contribution >= 4 is 21.6 Å². The van der Waals surface area contributed by atoms with Gasteiger partial charge in [0.25, 0.3) is 11.6 Å². The van der Waals surface area contributed by atoms with Crippen molar-refractivity contribution in [1.29, 1.82) is 0 Å². The highest BCUT2D eigenvalue weighted by Crippen LogP contribution is 2.26. The quantitative estimate of drug-likeness (QED) is 0.445. The summed E-state index contributed by atoms with van der Waals surface area (Å²) in [4.78, 5) is 32.6. The Bertz CT molecular complexity index is 1030. The van der Waals surface area contributed by atoms with E-state index in [1.165, 1.54) is 6.20 Å². The minimum Gasteiger partial charge on any atom is -0.271 e. The lowest BCUT2D eigenvalue weighted by Crippen LogP contribution is -2.52. The molecule has 2 rings (SSSR count).